The summed E-state index contributed by atoms with van der Waals surface area (Å²) in [4.78, 5) is 23.7. The minimum atomic E-state index is -0.295. The Kier molecular flexibility index (Phi) is 5.21. The Morgan fingerprint density at radius 1 is 0.920 bits per heavy atom. The number of anilines is 1. The van der Waals surface area contributed by atoms with Crippen LogP contribution in [0.3, 0.4) is 0 Å². The van der Waals surface area contributed by atoms with Crippen molar-refractivity contribution in [1.29, 1.82) is 0 Å². The smallest absolute Gasteiger partial charge is 0.243 e. The van der Waals surface area contributed by atoms with Crippen LogP contribution in [0, 0.1) is 0 Å². The molecule has 25 heavy (non-hydrogen) atoms. The van der Waals surface area contributed by atoms with E-state index in [0.29, 0.717) is 17.1 Å². The predicted molar refractivity (Wildman–Crippen MR) is 93.7 cm³/mol. The largest absolute Gasteiger partial charge is 0.356 e. The molecule has 126 valence electrons. The van der Waals surface area contributed by atoms with Crippen LogP contribution in [0.2, 0.25) is 0 Å². The number of rotatable bonds is 6. The molecule has 6 nitrogen and oxygen atoms in total. The first-order valence-corrected chi connectivity index (χ1v) is 7.83. The van der Waals surface area contributed by atoms with E-state index in [4.69, 9.17) is 4.52 Å². The van der Waals surface area contributed by atoms with Gasteiger partial charge in [0, 0.05) is 17.3 Å². The average Bonchev–Trinajstić information content (AvgIpc) is 3.10. The lowest BCUT2D eigenvalue weighted by Gasteiger charge is -2.06. The maximum atomic E-state index is 11.9. The molecule has 0 aliphatic carbocycles. The molecule has 0 radical (unpaired) electrons. The number of amides is 2. The van der Waals surface area contributed by atoms with Gasteiger partial charge in [0.2, 0.25) is 11.8 Å². The van der Waals surface area contributed by atoms with Crippen LogP contribution in [0.4, 0.5) is 5.69 Å². The zero-order chi connectivity index (χ0) is 17.5. The maximum absolute atomic E-state index is 11.9. The number of nitrogens with one attached hydrogen (secondary N) is 2. The first kappa shape index (κ1) is 16.4. The summed E-state index contributed by atoms with van der Waals surface area (Å²) in [5.41, 5.74) is 2.09. The van der Waals surface area contributed by atoms with Crippen LogP contribution in [0.5, 0.6) is 0 Å². The topological polar surface area (TPSA) is 84.2 Å². The molecule has 0 aliphatic rings. The summed E-state index contributed by atoms with van der Waals surface area (Å²) in [6, 6.07) is 20.3. The number of benzene rings is 2. The second-order valence-electron chi connectivity index (χ2n) is 5.42. The van der Waals surface area contributed by atoms with Gasteiger partial charge in [0.1, 0.15) is 0 Å². The molecule has 0 bridgehead atoms. The Hall–Kier alpha value is -3.41. The van der Waals surface area contributed by atoms with E-state index in [1.54, 1.807) is 18.2 Å². The highest BCUT2D eigenvalue weighted by Gasteiger charge is 2.11. The second-order valence-corrected chi connectivity index (χ2v) is 5.42. The van der Waals surface area contributed by atoms with Crippen molar-refractivity contribution in [2.75, 3.05) is 11.9 Å². The number of hydrogen-bond acceptors (Lipinski definition) is 4. The molecule has 0 unspecified atom stereocenters. The van der Waals surface area contributed by atoms with E-state index in [-0.39, 0.29) is 24.8 Å². The fraction of sp³-hybridized carbons (Fsp3) is 0.105. The summed E-state index contributed by atoms with van der Waals surface area (Å²) in [5, 5.41) is 9.16. The van der Waals surface area contributed by atoms with Crippen LogP contribution in [-0.4, -0.2) is 23.5 Å². The van der Waals surface area contributed by atoms with Gasteiger partial charge in [0.15, 0.2) is 5.76 Å². The maximum Gasteiger partial charge on any atom is 0.243 e. The Balaban J connectivity index is 1.48. The van der Waals surface area contributed by atoms with Gasteiger partial charge in [0.25, 0.3) is 0 Å². The Morgan fingerprint density at radius 2 is 1.60 bits per heavy atom. The van der Waals surface area contributed by atoms with Crippen molar-refractivity contribution < 1.29 is 14.1 Å². The molecule has 0 atom stereocenters. The van der Waals surface area contributed by atoms with Gasteiger partial charge in [-0.25, -0.2) is 0 Å². The molecule has 2 aromatic carbocycles. The number of nitrogens with zero attached hydrogens (tertiary/aromatic N) is 1. The van der Waals surface area contributed by atoms with Crippen molar-refractivity contribution in [3.05, 3.63) is 72.4 Å². The van der Waals surface area contributed by atoms with Crippen LogP contribution in [-0.2, 0) is 16.0 Å². The first-order valence-electron chi connectivity index (χ1n) is 7.83. The van der Waals surface area contributed by atoms with Gasteiger partial charge in [-0.05, 0) is 12.1 Å². The lowest BCUT2D eigenvalue weighted by molar-refractivity contribution is -0.123. The number of carbonyl (C=O) groups excluding carboxylic acids is 2. The molecular weight excluding hydrogens is 318 g/mol. The van der Waals surface area contributed by atoms with Crippen LogP contribution in [0.25, 0.3) is 11.3 Å². The van der Waals surface area contributed by atoms with E-state index in [1.807, 2.05) is 48.5 Å². The second kappa shape index (κ2) is 7.92. The van der Waals surface area contributed by atoms with Gasteiger partial charge in [-0.2, -0.15) is 0 Å². The minimum absolute atomic E-state index is 0.0505. The van der Waals surface area contributed by atoms with E-state index >= 15 is 0 Å². The molecule has 0 aliphatic heterocycles. The summed E-state index contributed by atoms with van der Waals surface area (Å²) in [7, 11) is 0. The van der Waals surface area contributed by atoms with E-state index in [9.17, 15) is 9.59 Å². The SMILES string of the molecule is O=C(Cc1cc(-c2ccccc2)on1)NCC(=O)Nc1ccccc1. The van der Waals surface area contributed by atoms with Gasteiger partial charge < -0.3 is 15.2 Å². The Labute approximate surface area is 144 Å². The van der Waals surface area contributed by atoms with Gasteiger partial charge >= 0.3 is 0 Å². The molecule has 2 N–H and O–H groups in total. The first-order chi connectivity index (χ1) is 12.2. The fourth-order valence-corrected chi connectivity index (χ4v) is 2.27. The zero-order valence-electron chi connectivity index (χ0n) is 13.4. The molecule has 0 fully saturated rings. The Morgan fingerprint density at radius 3 is 2.32 bits per heavy atom. The van der Waals surface area contributed by atoms with Gasteiger partial charge in [-0.1, -0.05) is 53.7 Å². The van der Waals surface area contributed by atoms with Crippen molar-refractivity contribution in [1.82, 2.24) is 10.5 Å². The van der Waals surface area contributed by atoms with Crippen molar-refractivity contribution in [2.24, 2.45) is 0 Å². The third-order valence-corrected chi connectivity index (χ3v) is 3.46. The summed E-state index contributed by atoms with van der Waals surface area (Å²) >= 11 is 0. The fourth-order valence-electron chi connectivity index (χ4n) is 2.27. The molecule has 0 spiro atoms. The molecule has 1 heterocycles. The highest BCUT2D eigenvalue weighted by molar-refractivity contribution is 5.94. The van der Waals surface area contributed by atoms with E-state index in [0.717, 1.165) is 5.56 Å². The minimum Gasteiger partial charge on any atom is -0.356 e. The summed E-state index contributed by atoms with van der Waals surface area (Å²) in [6.07, 6.45) is 0.0505. The lowest BCUT2D eigenvalue weighted by Crippen LogP contribution is -2.33. The van der Waals surface area contributed by atoms with Crippen molar-refractivity contribution >= 4 is 17.5 Å². The third-order valence-electron chi connectivity index (χ3n) is 3.46. The number of para-hydroxylation sites is 1. The normalized spacial score (nSPS) is 10.2. The predicted octanol–water partition coefficient (Wildman–Crippen LogP) is 2.64. The molecule has 3 aromatic rings. The summed E-state index contributed by atoms with van der Waals surface area (Å²) in [6.45, 7) is -0.100. The van der Waals surface area contributed by atoms with Crippen LogP contribution in [0.1, 0.15) is 5.69 Å². The Bertz CT molecular complexity index is 845. The number of aromatic nitrogens is 1. The van der Waals surface area contributed by atoms with Crippen molar-refractivity contribution in [3.63, 3.8) is 0 Å². The quantitative estimate of drug-likeness (QED) is 0.725. The standard InChI is InChI=1S/C19H17N3O3/c23-18(20-13-19(24)21-15-9-5-2-6-10-15)12-16-11-17(25-22-16)14-7-3-1-4-8-14/h1-11H,12-13H2,(H,20,23)(H,21,24). The highest BCUT2D eigenvalue weighted by Crippen LogP contribution is 2.19. The van der Waals surface area contributed by atoms with Crippen molar-refractivity contribution in [3.8, 4) is 11.3 Å². The number of hydrogen-bond donors (Lipinski definition) is 2. The molecule has 0 saturated heterocycles. The van der Waals surface area contributed by atoms with E-state index in [2.05, 4.69) is 15.8 Å². The zero-order valence-corrected chi connectivity index (χ0v) is 13.4. The molecule has 3 rings (SSSR count). The molecule has 6 heteroatoms. The van der Waals surface area contributed by atoms with E-state index in [1.165, 1.54) is 0 Å². The summed E-state index contributed by atoms with van der Waals surface area (Å²) < 4.78 is 5.25. The van der Waals surface area contributed by atoms with Crippen molar-refractivity contribution in [2.45, 2.75) is 6.42 Å². The molecule has 0 saturated carbocycles. The monoisotopic (exact) mass is 335 g/mol. The van der Waals surface area contributed by atoms with Gasteiger partial charge in [-0.3, -0.25) is 9.59 Å². The average molecular weight is 335 g/mol. The van der Waals surface area contributed by atoms with Crippen LogP contribution in [0.15, 0.2) is 71.3 Å². The summed E-state index contributed by atoms with van der Waals surface area (Å²) in [5.74, 6) is 0.0195. The van der Waals surface area contributed by atoms with Gasteiger partial charge in [-0.15, -0.1) is 0 Å². The van der Waals surface area contributed by atoms with E-state index < -0.39 is 0 Å². The van der Waals surface area contributed by atoms with Crippen LogP contribution < -0.4 is 10.6 Å². The van der Waals surface area contributed by atoms with Crippen LogP contribution >= 0.6 is 0 Å². The van der Waals surface area contributed by atoms with Gasteiger partial charge in [0.05, 0.1) is 18.7 Å². The number of carbonyl (C=O) groups is 2. The molecular formula is C19H17N3O3. The highest BCUT2D eigenvalue weighted by atomic mass is 16.5. The molecule has 1 aromatic heterocycles. The lowest BCUT2D eigenvalue weighted by atomic mass is 10.1. The third kappa shape index (κ3) is 4.78. The molecule has 2 amide bonds.